The van der Waals surface area contributed by atoms with Crippen molar-refractivity contribution in [3.8, 4) is 0 Å². The van der Waals surface area contributed by atoms with Crippen molar-refractivity contribution >= 4 is 28.9 Å². The first-order valence-corrected chi connectivity index (χ1v) is 3.81. The largest absolute Gasteiger partial charge is 0.463 e. The Kier molecular flexibility index (Phi) is 1.62. The van der Waals surface area contributed by atoms with Crippen LogP contribution in [0.25, 0.3) is 11.0 Å². The first kappa shape index (κ1) is 7.37. The van der Waals surface area contributed by atoms with E-state index >= 15 is 0 Å². The Morgan fingerprint density at radius 2 is 2.25 bits per heavy atom. The number of hydrogen-bond acceptors (Lipinski definition) is 2. The Morgan fingerprint density at radius 1 is 1.42 bits per heavy atom. The maximum atomic E-state index is 10.6. The van der Waals surface area contributed by atoms with Gasteiger partial charge < -0.3 is 4.42 Å². The van der Waals surface area contributed by atoms with Crippen LogP contribution >= 0.6 is 11.6 Å². The Labute approximate surface area is 73.7 Å². The molecule has 2 nitrogen and oxygen atoms in total. The van der Waals surface area contributed by atoms with E-state index < -0.39 is 0 Å². The van der Waals surface area contributed by atoms with Gasteiger partial charge in [-0.05, 0) is 6.07 Å². The van der Waals surface area contributed by atoms with Gasteiger partial charge in [-0.3, -0.25) is 4.79 Å². The molecule has 1 heterocycles. The van der Waals surface area contributed by atoms with E-state index in [0.29, 0.717) is 21.6 Å². The second kappa shape index (κ2) is 2.64. The summed E-state index contributed by atoms with van der Waals surface area (Å²) in [5.74, 6) is 0. The van der Waals surface area contributed by atoms with Gasteiger partial charge in [-0.2, -0.15) is 0 Å². The van der Waals surface area contributed by atoms with Gasteiger partial charge in [0, 0.05) is 10.9 Å². The smallest absolute Gasteiger partial charge is 0.150 e. The second-order valence-electron chi connectivity index (χ2n) is 2.42. The summed E-state index contributed by atoms with van der Waals surface area (Å²) in [5.41, 5.74) is 1.20. The number of fused-ring (bicyclic) bond motifs is 1. The topological polar surface area (TPSA) is 30.2 Å². The van der Waals surface area contributed by atoms with Crippen molar-refractivity contribution in [1.29, 1.82) is 0 Å². The molecule has 0 aliphatic heterocycles. The summed E-state index contributed by atoms with van der Waals surface area (Å²) in [7, 11) is 0. The lowest BCUT2D eigenvalue weighted by molar-refractivity contribution is 0.112. The highest BCUT2D eigenvalue weighted by Gasteiger charge is 2.06. The van der Waals surface area contributed by atoms with Crippen LogP contribution in [0.4, 0.5) is 0 Å². The van der Waals surface area contributed by atoms with Crippen LogP contribution in [-0.4, -0.2) is 6.29 Å². The van der Waals surface area contributed by atoms with Gasteiger partial charge in [0.2, 0.25) is 0 Å². The third kappa shape index (κ3) is 0.924. The molecule has 2 aromatic rings. The van der Waals surface area contributed by atoms with Gasteiger partial charge >= 0.3 is 0 Å². The van der Waals surface area contributed by atoms with Gasteiger partial charge in [0.15, 0.2) is 6.29 Å². The van der Waals surface area contributed by atoms with E-state index in [-0.39, 0.29) is 0 Å². The lowest BCUT2D eigenvalue weighted by Crippen LogP contribution is -1.78. The normalized spacial score (nSPS) is 10.4. The lowest BCUT2D eigenvalue weighted by atomic mass is 10.1. The zero-order valence-corrected chi connectivity index (χ0v) is 6.84. The molecular formula is C9H5ClO2. The molecule has 0 radical (unpaired) electrons. The van der Waals surface area contributed by atoms with Crippen LogP contribution in [0.5, 0.6) is 0 Å². The van der Waals surface area contributed by atoms with Crippen molar-refractivity contribution in [2.45, 2.75) is 0 Å². The summed E-state index contributed by atoms with van der Waals surface area (Å²) >= 11 is 5.80. The van der Waals surface area contributed by atoms with Crippen molar-refractivity contribution in [3.05, 3.63) is 35.0 Å². The summed E-state index contributed by atoms with van der Waals surface area (Å²) in [4.78, 5) is 10.6. The molecule has 0 fully saturated rings. The maximum Gasteiger partial charge on any atom is 0.150 e. The fourth-order valence-electron chi connectivity index (χ4n) is 1.17. The molecule has 12 heavy (non-hydrogen) atoms. The summed E-state index contributed by atoms with van der Waals surface area (Å²) < 4.78 is 5.10. The zero-order valence-electron chi connectivity index (χ0n) is 6.08. The molecule has 0 aliphatic rings. The quantitative estimate of drug-likeness (QED) is 0.632. The lowest BCUT2D eigenvalue weighted by Gasteiger charge is -1.91. The number of carbonyl (C=O) groups excluding carboxylic acids is 1. The third-order valence-electron chi connectivity index (χ3n) is 1.71. The maximum absolute atomic E-state index is 10.6. The van der Waals surface area contributed by atoms with Crippen LogP contribution in [0, 0.1) is 0 Å². The molecule has 0 spiro atoms. The molecule has 60 valence electrons. The molecule has 3 heteroatoms. The van der Waals surface area contributed by atoms with Gasteiger partial charge in [-0.25, -0.2) is 0 Å². The van der Waals surface area contributed by atoms with Crippen molar-refractivity contribution in [2.24, 2.45) is 0 Å². The number of hydrogen-bond donors (Lipinski definition) is 0. The third-order valence-corrected chi connectivity index (χ3v) is 1.99. The summed E-state index contributed by atoms with van der Waals surface area (Å²) in [6, 6.07) is 5.23. The highest BCUT2D eigenvalue weighted by Crippen LogP contribution is 2.27. The molecule has 0 bridgehead atoms. The van der Waals surface area contributed by atoms with E-state index in [1.807, 2.05) is 0 Å². The van der Waals surface area contributed by atoms with E-state index in [9.17, 15) is 4.79 Å². The highest BCUT2D eigenvalue weighted by molar-refractivity contribution is 6.36. The second-order valence-corrected chi connectivity index (χ2v) is 2.83. The molecule has 0 atom stereocenters. The molecule has 0 unspecified atom stereocenters. The van der Waals surface area contributed by atoms with E-state index in [1.165, 1.54) is 6.26 Å². The van der Waals surface area contributed by atoms with Gasteiger partial charge in [0.05, 0.1) is 5.02 Å². The van der Waals surface area contributed by atoms with E-state index in [0.717, 1.165) is 6.29 Å². The minimum Gasteiger partial charge on any atom is -0.463 e. The van der Waals surface area contributed by atoms with E-state index in [1.54, 1.807) is 18.2 Å². The molecular weight excluding hydrogens is 176 g/mol. The zero-order chi connectivity index (χ0) is 8.55. The average molecular weight is 181 g/mol. The number of halogens is 1. The van der Waals surface area contributed by atoms with Crippen LogP contribution in [0.3, 0.4) is 0 Å². The molecule has 2 rings (SSSR count). The molecule has 1 aromatic carbocycles. The molecule has 0 N–H and O–H groups in total. The van der Waals surface area contributed by atoms with Gasteiger partial charge in [-0.1, -0.05) is 23.7 Å². The minimum atomic E-state index is 0.479. The SMILES string of the molecule is O=Cc1cccc2occ(Cl)c12. The van der Waals surface area contributed by atoms with Gasteiger partial charge in [0.25, 0.3) is 0 Å². The Hall–Kier alpha value is -1.28. The fraction of sp³-hybridized carbons (Fsp3) is 0. The Bertz CT molecular complexity index is 431. The van der Waals surface area contributed by atoms with Crippen LogP contribution in [0.1, 0.15) is 10.4 Å². The molecule has 0 saturated carbocycles. The molecule has 1 aromatic heterocycles. The predicted molar refractivity (Wildman–Crippen MR) is 46.6 cm³/mol. The molecule has 0 aliphatic carbocycles. The Morgan fingerprint density at radius 3 is 3.00 bits per heavy atom. The number of carbonyl (C=O) groups is 1. The molecule has 0 amide bonds. The first-order chi connectivity index (χ1) is 5.83. The fourth-order valence-corrected chi connectivity index (χ4v) is 1.42. The molecule has 0 saturated heterocycles. The van der Waals surface area contributed by atoms with E-state index in [4.69, 9.17) is 16.0 Å². The van der Waals surface area contributed by atoms with Gasteiger partial charge in [0.1, 0.15) is 11.8 Å². The number of aldehydes is 1. The number of furan rings is 1. The minimum absolute atomic E-state index is 0.479. The predicted octanol–water partition coefficient (Wildman–Crippen LogP) is 2.90. The van der Waals surface area contributed by atoms with Gasteiger partial charge in [-0.15, -0.1) is 0 Å². The Balaban J connectivity index is 2.93. The van der Waals surface area contributed by atoms with E-state index in [2.05, 4.69) is 0 Å². The summed E-state index contributed by atoms with van der Waals surface area (Å²) in [6.07, 6.45) is 2.20. The number of rotatable bonds is 1. The van der Waals surface area contributed by atoms with Crippen LogP contribution < -0.4 is 0 Å². The standard InChI is InChI=1S/C9H5ClO2/c10-7-5-12-8-3-1-2-6(4-11)9(7)8/h1-5H. The van der Waals surface area contributed by atoms with Crippen molar-refractivity contribution < 1.29 is 9.21 Å². The van der Waals surface area contributed by atoms with Crippen molar-refractivity contribution in [3.63, 3.8) is 0 Å². The summed E-state index contributed by atoms with van der Waals surface area (Å²) in [5, 5.41) is 1.17. The highest BCUT2D eigenvalue weighted by atomic mass is 35.5. The average Bonchev–Trinajstić information content (AvgIpc) is 2.48. The first-order valence-electron chi connectivity index (χ1n) is 3.44. The van der Waals surface area contributed by atoms with Crippen LogP contribution in [0.15, 0.2) is 28.9 Å². The van der Waals surface area contributed by atoms with Crippen molar-refractivity contribution in [2.75, 3.05) is 0 Å². The van der Waals surface area contributed by atoms with Crippen molar-refractivity contribution in [1.82, 2.24) is 0 Å². The van der Waals surface area contributed by atoms with Crippen LogP contribution in [-0.2, 0) is 0 Å². The van der Waals surface area contributed by atoms with Crippen LogP contribution in [0.2, 0.25) is 5.02 Å². The summed E-state index contributed by atoms with van der Waals surface area (Å²) in [6.45, 7) is 0. The number of benzene rings is 1. The monoisotopic (exact) mass is 180 g/mol.